The highest BCUT2D eigenvalue weighted by Crippen LogP contribution is 2.30. The Morgan fingerprint density at radius 3 is 2.42 bits per heavy atom. The summed E-state index contributed by atoms with van der Waals surface area (Å²) < 4.78 is 5.28. The Bertz CT molecular complexity index is 130. The molecule has 0 radical (unpaired) electrons. The van der Waals surface area contributed by atoms with Gasteiger partial charge in [-0.2, -0.15) is 0 Å². The van der Waals surface area contributed by atoms with Gasteiger partial charge in [-0.3, -0.25) is 0 Å². The highest BCUT2D eigenvalue weighted by Gasteiger charge is 2.27. The van der Waals surface area contributed by atoms with E-state index >= 15 is 0 Å². The highest BCUT2D eigenvalue weighted by molar-refractivity contribution is 5.50. The van der Waals surface area contributed by atoms with Crippen molar-refractivity contribution in [2.75, 3.05) is 7.11 Å². The summed E-state index contributed by atoms with van der Waals surface area (Å²) in [6, 6.07) is 0. The van der Waals surface area contributed by atoms with E-state index in [2.05, 4.69) is 20.8 Å². The molecule has 0 aromatic heterocycles. The third-order valence-electron chi connectivity index (χ3n) is 2.36. The molecule has 0 aliphatic heterocycles. The van der Waals surface area contributed by atoms with Crippen molar-refractivity contribution in [2.24, 2.45) is 5.41 Å². The van der Waals surface area contributed by atoms with Gasteiger partial charge in [0, 0.05) is 13.5 Å². The number of carbonyl (C=O) groups excluding carboxylic acids is 1. The van der Waals surface area contributed by atoms with E-state index in [4.69, 9.17) is 4.74 Å². The molecule has 0 bridgehead atoms. The number of rotatable bonds is 6. The zero-order valence-electron chi connectivity index (χ0n) is 8.59. The van der Waals surface area contributed by atoms with Gasteiger partial charge >= 0.3 is 0 Å². The standard InChI is InChI=1S/C10H20O2/c1-5-7-10(2,3)9(12-4)6-8-11/h8-9H,5-7H2,1-4H3. The van der Waals surface area contributed by atoms with Crippen LogP contribution in [-0.4, -0.2) is 19.5 Å². The van der Waals surface area contributed by atoms with Gasteiger partial charge in [0.15, 0.2) is 0 Å². The Balaban J connectivity index is 4.14. The average Bonchev–Trinajstić information content (AvgIpc) is 1.99. The van der Waals surface area contributed by atoms with Gasteiger partial charge in [0.1, 0.15) is 6.29 Å². The lowest BCUT2D eigenvalue weighted by Crippen LogP contribution is -2.31. The molecule has 0 aromatic rings. The maximum Gasteiger partial charge on any atom is 0.122 e. The Kier molecular flexibility index (Phi) is 5.14. The Morgan fingerprint density at radius 2 is 2.08 bits per heavy atom. The molecule has 1 atom stereocenters. The van der Waals surface area contributed by atoms with Gasteiger partial charge in [-0.25, -0.2) is 0 Å². The van der Waals surface area contributed by atoms with Crippen LogP contribution >= 0.6 is 0 Å². The third-order valence-corrected chi connectivity index (χ3v) is 2.36. The second-order valence-electron chi connectivity index (χ2n) is 3.87. The van der Waals surface area contributed by atoms with Crippen LogP contribution in [0.1, 0.15) is 40.0 Å². The van der Waals surface area contributed by atoms with Crippen molar-refractivity contribution in [3.63, 3.8) is 0 Å². The summed E-state index contributed by atoms with van der Waals surface area (Å²) >= 11 is 0. The number of aldehydes is 1. The minimum Gasteiger partial charge on any atom is -0.380 e. The minimum absolute atomic E-state index is 0.0648. The van der Waals surface area contributed by atoms with Crippen LogP contribution in [0.2, 0.25) is 0 Å². The van der Waals surface area contributed by atoms with E-state index in [0.717, 1.165) is 19.1 Å². The molecule has 2 nitrogen and oxygen atoms in total. The zero-order chi connectivity index (χ0) is 9.61. The average molecular weight is 172 g/mol. The van der Waals surface area contributed by atoms with Crippen LogP contribution in [0.5, 0.6) is 0 Å². The molecule has 72 valence electrons. The Hall–Kier alpha value is -0.370. The van der Waals surface area contributed by atoms with Crippen LogP contribution in [0.4, 0.5) is 0 Å². The molecule has 0 heterocycles. The summed E-state index contributed by atoms with van der Waals surface area (Å²) in [5.74, 6) is 0. The number of hydrogen-bond donors (Lipinski definition) is 0. The summed E-state index contributed by atoms with van der Waals surface area (Å²) in [4.78, 5) is 10.3. The van der Waals surface area contributed by atoms with E-state index in [9.17, 15) is 4.79 Å². The van der Waals surface area contributed by atoms with E-state index in [0.29, 0.717) is 6.42 Å². The van der Waals surface area contributed by atoms with Crippen LogP contribution in [-0.2, 0) is 9.53 Å². The molecule has 0 saturated carbocycles. The van der Waals surface area contributed by atoms with Crippen molar-refractivity contribution in [1.29, 1.82) is 0 Å². The summed E-state index contributed by atoms with van der Waals surface area (Å²) in [6.07, 6.45) is 3.73. The van der Waals surface area contributed by atoms with Crippen molar-refractivity contribution >= 4 is 6.29 Å². The molecule has 0 N–H and O–H groups in total. The zero-order valence-corrected chi connectivity index (χ0v) is 8.59. The highest BCUT2D eigenvalue weighted by atomic mass is 16.5. The molecule has 0 amide bonds. The molecule has 12 heavy (non-hydrogen) atoms. The van der Waals surface area contributed by atoms with E-state index in [-0.39, 0.29) is 11.5 Å². The van der Waals surface area contributed by atoms with Gasteiger partial charge in [0.2, 0.25) is 0 Å². The fourth-order valence-corrected chi connectivity index (χ4v) is 1.63. The Morgan fingerprint density at radius 1 is 1.50 bits per heavy atom. The summed E-state index contributed by atoms with van der Waals surface area (Å²) in [7, 11) is 1.67. The molecule has 0 rings (SSSR count). The normalized spacial score (nSPS) is 14.3. The number of hydrogen-bond acceptors (Lipinski definition) is 2. The SMILES string of the molecule is CCCC(C)(C)C(CC=O)OC. The fraction of sp³-hybridized carbons (Fsp3) is 0.900. The first-order valence-electron chi connectivity index (χ1n) is 4.55. The number of ether oxygens (including phenoxy) is 1. The second-order valence-corrected chi connectivity index (χ2v) is 3.87. The van der Waals surface area contributed by atoms with Gasteiger partial charge in [0.05, 0.1) is 6.10 Å². The molecule has 2 heteroatoms. The molecule has 0 aliphatic carbocycles. The van der Waals surface area contributed by atoms with E-state index in [1.54, 1.807) is 7.11 Å². The number of carbonyl (C=O) groups is 1. The first kappa shape index (κ1) is 11.6. The van der Waals surface area contributed by atoms with Gasteiger partial charge in [-0.05, 0) is 11.8 Å². The van der Waals surface area contributed by atoms with Crippen molar-refractivity contribution in [3.8, 4) is 0 Å². The van der Waals surface area contributed by atoms with Crippen molar-refractivity contribution in [1.82, 2.24) is 0 Å². The van der Waals surface area contributed by atoms with Gasteiger partial charge in [-0.1, -0.05) is 27.2 Å². The quantitative estimate of drug-likeness (QED) is 0.575. The molecule has 0 fully saturated rings. The predicted octanol–water partition coefficient (Wildman–Crippen LogP) is 2.42. The summed E-state index contributed by atoms with van der Waals surface area (Å²) in [6.45, 7) is 6.44. The smallest absolute Gasteiger partial charge is 0.122 e. The monoisotopic (exact) mass is 172 g/mol. The minimum atomic E-state index is 0.0648. The lowest BCUT2D eigenvalue weighted by Gasteiger charge is -2.31. The lowest BCUT2D eigenvalue weighted by molar-refractivity contribution is -0.112. The fourth-order valence-electron chi connectivity index (χ4n) is 1.63. The van der Waals surface area contributed by atoms with Crippen LogP contribution < -0.4 is 0 Å². The Labute approximate surface area is 75.3 Å². The summed E-state index contributed by atoms with van der Waals surface area (Å²) in [5.41, 5.74) is 0.115. The molecule has 0 aromatic carbocycles. The van der Waals surface area contributed by atoms with E-state index < -0.39 is 0 Å². The number of methoxy groups -OCH3 is 1. The van der Waals surface area contributed by atoms with E-state index in [1.165, 1.54) is 0 Å². The molecule has 0 saturated heterocycles. The maximum absolute atomic E-state index is 10.3. The van der Waals surface area contributed by atoms with E-state index in [1.807, 2.05) is 0 Å². The molecule has 0 spiro atoms. The van der Waals surface area contributed by atoms with Crippen LogP contribution in [0.15, 0.2) is 0 Å². The van der Waals surface area contributed by atoms with Gasteiger partial charge in [0.25, 0.3) is 0 Å². The lowest BCUT2D eigenvalue weighted by atomic mass is 9.81. The van der Waals surface area contributed by atoms with Crippen molar-refractivity contribution < 1.29 is 9.53 Å². The third kappa shape index (κ3) is 3.35. The van der Waals surface area contributed by atoms with Crippen molar-refractivity contribution in [2.45, 2.75) is 46.1 Å². The van der Waals surface area contributed by atoms with Crippen LogP contribution in [0.25, 0.3) is 0 Å². The van der Waals surface area contributed by atoms with Crippen LogP contribution in [0.3, 0.4) is 0 Å². The molecular weight excluding hydrogens is 152 g/mol. The van der Waals surface area contributed by atoms with Gasteiger partial charge < -0.3 is 9.53 Å². The topological polar surface area (TPSA) is 26.3 Å². The van der Waals surface area contributed by atoms with Crippen molar-refractivity contribution in [3.05, 3.63) is 0 Å². The first-order chi connectivity index (χ1) is 5.58. The predicted molar refractivity (Wildman–Crippen MR) is 50.2 cm³/mol. The summed E-state index contributed by atoms with van der Waals surface area (Å²) in [5, 5.41) is 0. The largest absolute Gasteiger partial charge is 0.380 e. The molecular formula is C10H20O2. The maximum atomic E-state index is 10.3. The molecule has 1 unspecified atom stereocenters. The second kappa shape index (κ2) is 5.31. The van der Waals surface area contributed by atoms with Crippen LogP contribution in [0, 0.1) is 5.41 Å². The molecule has 0 aliphatic rings. The van der Waals surface area contributed by atoms with Gasteiger partial charge in [-0.15, -0.1) is 0 Å². The first-order valence-corrected chi connectivity index (χ1v) is 4.55.